The fourth-order valence-electron chi connectivity index (χ4n) is 1.29. The number of alkyl halides is 7. The molecular weight excluding hydrogens is 373 g/mol. The summed E-state index contributed by atoms with van der Waals surface area (Å²) in [6, 6.07) is 0. The average molecular weight is 386 g/mol. The van der Waals surface area contributed by atoms with Gasteiger partial charge in [-0.1, -0.05) is 0 Å². The van der Waals surface area contributed by atoms with Gasteiger partial charge in [0.2, 0.25) is 6.36 Å². The molecule has 0 spiro atoms. The lowest BCUT2D eigenvalue weighted by Gasteiger charge is -2.27. The van der Waals surface area contributed by atoms with Crippen LogP contribution in [-0.2, 0) is 28.6 Å². The van der Waals surface area contributed by atoms with Crippen LogP contribution in [0.15, 0.2) is 0 Å². The van der Waals surface area contributed by atoms with E-state index in [1.165, 1.54) is 6.92 Å². The summed E-state index contributed by atoms with van der Waals surface area (Å²) in [6.07, 6.45) is -12.9. The van der Waals surface area contributed by atoms with Crippen molar-refractivity contribution in [3.05, 3.63) is 0 Å². The highest BCUT2D eigenvalue weighted by Crippen LogP contribution is 2.22. The third kappa shape index (κ3) is 6.84. The molecule has 6 nitrogen and oxygen atoms in total. The molecule has 0 aromatic rings. The third-order valence-electron chi connectivity index (χ3n) is 2.49. The van der Waals surface area contributed by atoms with Crippen molar-refractivity contribution in [3.8, 4) is 0 Å². The summed E-state index contributed by atoms with van der Waals surface area (Å²) in [5.41, 5.74) is 0. The number of hydrogen-bond acceptors (Lipinski definition) is 6. The van der Waals surface area contributed by atoms with Gasteiger partial charge < -0.3 is 14.2 Å². The zero-order valence-corrected chi connectivity index (χ0v) is 12.7. The van der Waals surface area contributed by atoms with E-state index in [4.69, 9.17) is 0 Å². The first-order valence-electron chi connectivity index (χ1n) is 6.50. The molecule has 0 heterocycles. The van der Waals surface area contributed by atoms with Crippen molar-refractivity contribution in [2.24, 2.45) is 0 Å². The van der Waals surface area contributed by atoms with Crippen LogP contribution in [0.5, 0.6) is 0 Å². The molecule has 146 valence electrons. The number of Topliss-reactive ketones (excluding diaryl/α,β-unsaturated/α-hetero) is 1. The van der Waals surface area contributed by atoms with E-state index in [2.05, 4.69) is 14.2 Å². The fourth-order valence-corrected chi connectivity index (χ4v) is 1.29. The number of carbonyl (C=O) groups excluding carboxylic acids is 3. The second kappa shape index (κ2) is 8.97. The summed E-state index contributed by atoms with van der Waals surface area (Å²) in [7, 11) is 0. The van der Waals surface area contributed by atoms with Gasteiger partial charge in [-0.15, -0.1) is 0 Å². The highest BCUT2D eigenvalue weighted by Gasteiger charge is 2.48. The molecule has 0 radical (unpaired) electrons. The second-order valence-corrected chi connectivity index (χ2v) is 4.45. The number of ether oxygens (including phenoxy) is 3. The number of carbonyl (C=O) groups is 3. The number of ketones is 1. The quantitative estimate of drug-likeness (QED) is 0.342. The Labute approximate surface area is 136 Å². The monoisotopic (exact) mass is 386 g/mol. The topological polar surface area (TPSA) is 78.9 Å². The first-order chi connectivity index (χ1) is 11.3. The highest BCUT2D eigenvalue weighted by molar-refractivity contribution is 6.35. The van der Waals surface area contributed by atoms with E-state index in [1.54, 1.807) is 0 Å². The van der Waals surface area contributed by atoms with E-state index < -0.39 is 61.7 Å². The smallest absolute Gasteiger partial charge is 0.453 e. The largest absolute Gasteiger partial charge is 0.461 e. The standard InChI is InChI=1S/C12H13F7O6/c1-3-23-8(14)6(25-10(22)11(15,16)4-13)5(2)24-9(21)7(20)12(17,18)19/h5-6,8H,3-4H2,1-2H3. The van der Waals surface area contributed by atoms with Gasteiger partial charge in [0.25, 0.3) is 0 Å². The van der Waals surface area contributed by atoms with Crippen molar-refractivity contribution in [2.75, 3.05) is 13.3 Å². The molecule has 0 N–H and O–H groups in total. The van der Waals surface area contributed by atoms with Gasteiger partial charge in [-0.3, -0.25) is 4.79 Å². The van der Waals surface area contributed by atoms with Crippen molar-refractivity contribution < 1.29 is 59.3 Å². The maximum Gasteiger partial charge on any atom is 0.461 e. The van der Waals surface area contributed by atoms with Gasteiger partial charge in [0.15, 0.2) is 12.8 Å². The van der Waals surface area contributed by atoms with Crippen LogP contribution in [0.25, 0.3) is 0 Å². The molecule has 3 unspecified atom stereocenters. The predicted molar refractivity (Wildman–Crippen MR) is 63.9 cm³/mol. The zero-order valence-electron chi connectivity index (χ0n) is 12.7. The maximum absolute atomic E-state index is 13.7. The molecule has 0 aliphatic heterocycles. The Hall–Kier alpha value is -1.92. The second-order valence-electron chi connectivity index (χ2n) is 4.45. The van der Waals surface area contributed by atoms with Gasteiger partial charge in [-0.2, -0.15) is 22.0 Å². The van der Waals surface area contributed by atoms with E-state index in [0.29, 0.717) is 6.92 Å². The minimum atomic E-state index is -5.60. The summed E-state index contributed by atoms with van der Waals surface area (Å²) >= 11 is 0. The Bertz CT molecular complexity index is 493. The minimum absolute atomic E-state index is 0.392. The minimum Gasteiger partial charge on any atom is -0.453 e. The van der Waals surface area contributed by atoms with Gasteiger partial charge in [0, 0.05) is 6.61 Å². The Kier molecular flexibility index (Phi) is 8.28. The summed E-state index contributed by atoms with van der Waals surface area (Å²) in [5.74, 6) is -12.7. The number of halogens is 7. The average Bonchev–Trinajstić information content (AvgIpc) is 2.50. The fraction of sp³-hybridized carbons (Fsp3) is 0.750. The highest BCUT2D eigenvalue weighted by atomic mass is 19.4. The van der Waals surface area contributed by atoms with E-state index in [1.807, 2.05) is 0 Å². The van der Waals surface area contributed by atoms with Crippen molar-refractivity contribution in [1.82, 2.24) is 0 Å². The van der Waals surface area contributed by atoms with Crippen LogP contribution < -0.4 is 0 Å². The Morgan fingerprint density at radius 2 is 1.56 bits per heavy atom. The van der Waals surface area contributed by atoms with Gasteiger partial charge in [0.05, 0.1) is 0 Å². The molecule has 0 rings (SSSR count). The molecular formula is C12H13F7O6. The van der Waals surface area contributed by atoms with E-state index >= 15 is 0 Å². The number of rotatable bonds is 9. The zero-order chi connectivity index (χ0) is 20.0. The Morgan fingerprint density at radius 1 is 1.04 bits per heavy atom. The molecule has 0 aromatic heterocycles. The van der Waals surface area contributed by atoms with Crippen LogP contribution in [-0.4, -0.2) is 61.7 Å². The van der Waals surface area contributed by atoms with Gasteiger partial charge >= 0.3 is 29.8 Å². The van der Waals surface area contributed by atoms with Crippen LogP contribution in [0.4, 0.5) is 30.7 Å². The summed E-state index contributed by atoms with van der Waals surface area (Å²) < 4.78 is 99.9. The molecule has 0 fully saturated rings. The van der Waals surface area contributed by atoms with Crippen LogP contribution in [0.2, 0.25) is 0 Å². The van der Waals surface area contributed by atoms with E-state index in [9.17, 15) is 45.1 Å². The lowest BCUT2D eigenvalue weighted by atomic mass is 10.2. The van der Waals surface area contributed by atoms with Crippen molar-refractivity contribution in [1.29, 1.82) is 0 Å². The van der Waals surface area contributed by atoms with Crippen molar-refractivity contribution in [2.45, 2.75) is 44.5 Å². The molecule has 25 heavy (non-hydrogen) atoms. The van der Waals surface area contributed by atoms with Crippen LogP contribution in [0.3, 0.4) is 0 Å². The predicted octanol–water partition coefficient (Wildman–Crippen LogP) is 1.90. The third-order valence-corrected chi connectivity index (χ3v) is 2.49. The summed E-state index contributed by atoms with van der Waals surface area (Å²) in [6.45, 7) is -1.01. The van der Waals surface area contributed by atoms with Crippen LogP contribution in [0.1, 0.15) is 13.8 Å². The first-order valence-corrected chi connectivity index (χ1v) is 6.50. The van der Waals surface area contributed by atoms with Crippen molar-refractivity contribution >= 4 is 17.7 Å². The van der Waals surface area contributed by atoms with Gasteiger partial charge in [-0.25, -0.2) is 18.4 Å². The molecule has 0 aliphatic carbocycles. The SMILES string of the molecule is CCOC(F)C(OC(=O)C(F)(F)CF)C(C)OC(=O)C(=O)C(F)(F)F. The van der Waals surface area contributed by atoms with Gasteiger partial charge in [0.1, 0.15) is 6.10 Å². The Balaban J connectivity index is 5.25. The van der Waals surface area contributed by atoms with E-state index in [-0.39, 0.29) is 0 Å². The van der Waals surface area contributed by atoms with Gasteiger partial charge in [-0.05, 0) is 13.8 Å². The Morgan fingerprint density at radius 3 is 1.96 bits per heavy atom. The summed E-state index contributed by atoms with van der Waals surface area (Å²) in [4.78, 5) is 32.7. The molecule has 0 aromatic carbocycles. The number of esters is 2. The molecule has 0 saturated carbocycles. The van der Waals surface area contributed by atoms with Crippen molar-refractivity contribution in [3.63, 3.8) is 0 Å². The maximum atomic E-state index is 13.7. The molecule has 0 aliphatic rings. The molecule has 0 bridgehead atoms. The first kappa shape index (κ1) is 23.1. The molecule has 3 atom stereocenters. The molecule has 13 heteroatoms. The lowest BCUT2D eigenvalue weighted by Crippen LogP contribution is -2.46. The normalized spacial score (nSPS) is 15.9. The lowest BCUT2D eigenvalue weighted by molar-refractivity contribution is -0.214. The number of hydrogen-bond donors (Lipinski definition) is 0. The van der Waals surface area contributed by atoms with Crippen LogP contribution >= 0.6 is 0 Å². The molecule has 0 amide bonds. The van der Waals surface area contributed by atoms with Crippen LogP contribution in [0, 0.1) is 0 Å². The van der Waals surface area contributed by atoms with E-state index in [0.717, 1.165) is 0 Å². The summed E-state index contributed by atoms with van der Waals surface area (Å²) in [5, 5.41) is 0. The molecule has 0 saturated heterocycles.